The van der Waals surface area contributed by atoms with Gasteiger partial charge in [-0.05, 0) is 6.07 Å². The topological polar surface area (TPSA) is 93.5 Å². The van der Waals surface area contributed by atoms with E-state index in [0.29, 0.717) is 0 Å². The number of rotatable bonds is 1. The molecule has 0 radical (unpaired) electrons. The molecule has 2 rings (SSSR count). The number of halogens is 1. The molecule has 0 amide bonds. The minimum absolute atomic E-state index is 0.0810. The Kier molecular flexibility index (Phi) is 2.12. The van der Waals surface area contributed by atoms with E-state index in [4.69, 9.17) is 15.3 Å². The van der Waals surface area contributed by atoms with E-state index in [9.17, 15) is 14.0 Å². The van der Waals surface area contributed by atoms with Crippen molar-refractivity contribution in [3.05, 3.63) is 40.0 Å². The van der Waals surface area contributed by atoms with Crippen LogP contribution < -0.4 is 11.2 Å². The lowest BCUT2D eigenvalue weighted by Gasteiger charge is -2.02. The van der Waals surface area contributed by atoms with Gasteiger partial charge in [0, 0.05) is 12.1 Å². The van der Waals surface area contributed by atoms with E-state index < -0.39 is 23.0 Å². The van der Waals surface area contributed by atoms with Gasteiger partial charge in [0.25, 0.3) is 0 Å². The molecule has 1 aromatic carbocycles. The van der Waals surface area contributed by atoms with Gasteiger partial charge in [-0.3, -0.25) is 4.79 Å². The highest BCUT2D eigenvalue weighted by Gasteiger charge is 2.13. The van der Waals surface area contributed by atoms with Crippen molar-refractivity contribution in [2.75, 3.05) is 5.73 Å². The summed E-state index contributed by atoms with van der Waals surface area (Å²) >= 11 is 0. The molecule has 1 heterocycles. The fourth-order valence-electron chi connectivity index (χ4n) is 1.35. The average molecular weight is 223 g/mol. The first-order valence-electron chi connectivity index (χ1n) is 4.25. The van der Waals surface area contributed by atoms with Crippen molar-refractivity contribution in [2.24, 2.45) is 0 Å². The molecule has 2 aromatic rings. The smallest absolute Gasteiger partial charge is 0.371 e. The summed E-state index contributed by atoms with van der Waals surface area (Å²) in [5, 5.41) is 8.59. The predicted molar refractivity (Wildman–Crippen MR) is 53.8 cm³/mol. The van der Waals surface area contributed by atoms with Crippen LogP contribution in [0.3, 0.4) is 0 Å². The summed E-state index contributed by atoms with van der Waals surface area (Å²) in [6.07, 6.45) is 0. The lowest BCUT2D eigenvalue weighted by atomic mass is 10.2. The largest absolute Gasteiger partial charge is 0.475 e. The molecular weight excluding hydrogens is 217 g/mol. The predicted octanol–water partition coefficient (Wildman–Crippen LogP) is 1.21. The van der Waals surface area contributed by atoms with Crippen molar-refractivity contribution in [1.29, 1.82) is 0 Å². The molecule has 0 aliphatic heterocycles. The van der Waals surface area contributed by atoms with E-state index in [1.807, 2.05) is 0 Å². The fourth-order valence-corrected chi connectivity index (χ4v) is 1.35. The van der Waals surface area contributed by atoms with Crippen LogP contribution in [0, 0.1) is 5.82 Å². The summed E-state index contributed by atoms with van der Waals surface area (Å²) in [5.74, 6) is -2.60. The Morgan fingerprint density at radius 3 is 2.69 bits per heavy atom. The van der Waals surface area contributed by atoms with Crippen LogP contribution in [0.4, 0.5) is 10.1 Å². The van der Waals surface area contributed by atoms with Crippen LogP contribution in [-0.4, -0.2) is 11.1 Å². The molecule has 0 spiro atoms. The van der Waals surface area contributed by atoms with Crippen molar-refractivity contribution >= 4 is 22.6 Å². The lowest BCUT2D eigenvalue weighted by molar-refractivity contribution is 0.0663. The molecule has 0 aliphatic carbocycles. The molecule has 0 saturated heterocycles. The third kappa shape index (κ3) is 1.50. The number of carboxylic acid groups (broad SMARTS) is 1. The van der Waals surface area contributed by atoms with Crippen molar-refractivity contribution in [1.82, 2.24) is 0 Å². The number of hydrogen-bond acceptors (Lipinski definition) is 4. The maximum absolute atomic E-state index is 13.0. The Hall–Kier alpha value is -2.37. The van der Waals surface area contributed by atoms with Crippen LogP contribution >= 0.6 is 0 Å². The lowest BCUT2D eigenvalue weighted by Crippen LogP contribution is -2.07. The average Bonchev–Trinajstić information content (AvgIpc) is 2.19. The number of carbonyl (C=O) groups is 1. The Bertz CT molecular complexity index is 647. The van der Waals surface area contributed by atoms with Crippen molar-refractivity contribution in [2.45, 2.75) is 0 Å². The summed E-state index contributed by atoms with van der Waals surface area (Å²) < 4.78 is 17.9. The highest BCUT2D eigenvalue weighted by molar-refractivity contribution is 5.91. The van der Waals surface area contributed by atoms with Crippen LogP contribution in [0.25, 0.3) is 11.0 Å². The minimum atomic E-state index is -1.39. The zero-order valence-corrected chi connectivity index (χ0v) is 7.86. The second-order valence-electron chi connectivity index (χ2n) is 3.15. The number of carboxylic acids is 1. The van der Waals surface area contributed by atoms with Gasteiger partial charge in [-0.15, -0.1) is 0 Å². The van der Waals surface area contributed by atoms with E-state index in [-0.39, 0.29) is 16.7 Å². The molecule has 0 fully saturated rings. The Balaban J connectivity index is 2.93. The van der Waals surface area contributed by atoms with Crippen LogP contribution in [0.2, 0.25) is 0 Å². The van der Waals surface area contributed by atoms with Gasteiger partial charge in [0.05, 0.1) is 11.1 Å². The van der Waals surface area contributed by atoms with Crippen molar-refractivity contribution < 1.29 is 18.7 Å². The highest BCUT2D eigenvalue weighted by atomic mass is 19.1. The Morgan fingerprint density at radius 2 is 2.06 bits per heavy atom. The number of fused-ring (bicyclic) bond motifs is 1. The van der Waals surface area contributed by atoms with Crippen LogP contribution in [0.15, 0.2) is 27.4 Å². The first-order chi connectivity index (χ1) is 7.49. The zero-order valence-electron chi connectivity index (χ0n) is 7.86. The monoisotopic (exact) mass is 223 g/mol. The highest BCUT2D eigenvalue weighted by Crippen LogP contribution is 2.21. The summed E-state index contributed by atoms with van der Waals surface area (Å²) in [4.78, 5) is 22.1. The molecule has 5 nitrogen and oxygen atoms in total. The van der Waals surface area contributed by atoms with Gasteiger partial charge in [-0.1, -0.05) is 0 Å². The molecular formula is C10H6FNO4. The number of aromatic carboxylic acids is 1. The van der Waals surface area contributed by atoms with E-state index in [1.54, 1.807) is 0 Å². The van der Waals surface area contributed by atoms with Crippen LogP contribution in [0.1, 0.15) is 10.6 Å². The number of hydrogen-bond donors (Lipinski definition) is 2. The zero-order chi connectivity index (χ0) is 11.9. The molecule has 0 aliphatic rings. The van der Waals surface area contributed by atoms with Crippen LogP contribution in [-0.2, 0) is 0 Å². The molecule has 0 atom stereocenters. The molecule has 0 unspecified atom stereocenters. The summed E-state index contributed by atoms with van der Waals surface area (Å²) in [6, 6.07) is 2.68. The molecule has 82 valence electrons. The maximum Gasteiger partial charge on any atom is 0.371 e. The van der Waals surface area contributed by atoms with Gasteiger partial charge in [0.1, 0.15) is 5.82 Å². The first-order valence-corrected chi connectivity index (χ1v) is 4.25. The fraction of sp³-hybridized carbons (Fsp3) is 0. The van der Waals surface area contributed by atoms with Gasteiger partial charge >= 0.3 is 5.97 Å². The van der Waals surface area contributed by atoms with E-state index in [2.05, 4.69) is 0 Å². The third-order valence-corrected chi connectivity index (χ3v) is 2.03. The molecule has 0 saturated carbocycles. The summed E-state index contributed by atoms with van der Waals surface area (Å²) in [6.45, 7) is 0. The van der Waals surface area contributed by atoms with Crippen molar-refractivity contribution in [3.63, 3.8) is 0 Å². The number of anilines is 1. The molecule has 3 N–H and O–H groups in total. The molecule has 6 heteroatoms. The van der Waals surface area contributed by atoms with Gasteiger partial charge in [0.2, 0.25) is 5.76 Å². The standard InChI is InChI=1S/C10H6FNO4/c11-4-1-5-7(13)3-8(10(14)15)16-9(5)6(12)2-4/h1-3H,12H2,(H,14,15). The van der Waals surface area contributed by atoms with Gasteiger partial charge in [-0.2, -0.15) is 0 Å². The molecule has 0 bridgehead atoms. The van der Waals surface area contributed by atoms with E-state index in [0.717, 1.165) is 18.2 Å². The summed E-state index contributed by atoms with van der Waals surface area (Å²) in [7, 11) is 0. The molecule has 16 heavy (non-hydrogen) atoms. The number of benzene rings is 1. The Labute approximate surface area is 87.9 Å². The van der Waals surface area contributed by atoms with E-state index in [1.165, 1.54) is 0 Å². The summed E-state index contributed by atoms with van der Waals surface area (Å²) in [5.41, 5.74) is 4.55. The molecule has 1 aromatic heterocycles. The Morgan fingerprint density at radius 1 is 1.38 bits per heavy atom. The number of nitrogen functional groups attached to an aromatic ring is 1. The second kappa shape index (κ2) is 3.34. The normalized spacial score (nSPS) is 10.6. The van der Waals surface area contributed by atoms with Crippen LogP contribution in [0.5, 0.6) is 0 Å². The van der Waals surface area contributed by atoms with Gasteiger partial charge in [0.15, 0.2) is 11.0 Å². The maximum atomic E-state index is 13.0. The number of nitrogens with two attached hydrogens (primary N) is 1. The van der Waals surface area contributed by atoms with Gasteiger partial charge < -0.3 is 15.3 Å². The quantitative estimate of drug-likeness (QED) is 0.708. The minimum Gasteiger partial charge on any atom is -0.475 e. The van der Waals surface area contributed by atoms with E-state index >= 15 is 0 Å². The second-order valence-corrected chi connectivity index (χ2v) is 3.15. The third-order valence-electron chi connectivity index (χ3n) is 2.03. The van der Waals surface area contributed by atoms with Crippen molar-refractivity contribution in [3.8, 4) is 0 Å². The SMILES string of the molecule is Nc1cc(F)cc2c(=O)cc(C(=O)O)oc12. The van der Waals surface area contributed by atoms with Gasteiger partial charge in [-0.25, -0.2) is 9.18 Å². The first kappa shape index (κ1) is 10.2.